The van der Waals surface area contributed by atoms with Gasteiger partial charge < -0.3 is 15.1 Å². The molecule has 0 saturated carbocycles. The molecule has 0 aromatic heterocycles. The minimum Gasteiger partial charge on any atom is -0.395 e. The Kier molecular flexibility index (Phi) is 5.12. The molecular weight excluding hydrogens is 214 g/mol. The first-order chi connectivity index (χ1) is 8.03. The van der Waals surface area contributed by atoms with E-state index in [0.717, 1.165) is 12.1 Å². The molecular formula is C14H23NO2. The monoisotopic (exact) mass is 237 g/mol. The standard InChI is InChI=1S/C14H23NO2/c1-12(9-16)15(3)10-14(2,11-17)13-7-5-4-6-8-13/h4-8,12,16-17H,9-11H2,1-3H3. The molecule has 1 aromatic rings. The van der Waals surface area contributed by atoms with Crippen molar-refractivity contribution in [3.63, 3.8) is 0 Å². The lowest BCUT2D eigenvalue weighted by Crippen LogP contribution is -2.44. The van der Waals surface area contributed by atoms with Crippen LogP contribution >= 0.6 is 0 Å². The van der Waals surface area contributed by atoms with Crippen LogP contribution in [-0.4, -0.2) is 48.0 Å². The zero-order valence-electron chi connectivity index (χ0n) is 10.9. The van der Waals surface area contributed by atoms with Crippen LogP contribution in [0.3, 0.4) is 0 Å². The van der Waals surface area contributed by atoms with Crippen molar-refractivity contribution in [2.75, 3.05) is 26.8 Å². The molecule has 17 heavy (non-hydrogen) atoms. The third kappa shape index (κ3) is 3.53. The van der Waals surface area contributed by atoms with E-state index >= 15 is 0 Å². The van der Waals surface area contributed by atoms with Crippen molar-refractivity contribution >= 4 is 0 Å². The average molecular weight is 237 g/mol. The molecule has 0 heterocycles. The van der Waals surface area contributed by atoms with Crippen LogP contribution < -0.4 is 0 Å². The van der Waals surface area contributed by atoms with Crippen LogP contribution in [0, 0.1) is 0 Å². The van der Waals surface area contributed by atoms with Crippen LogP contribution in [0.15, 0.2) is 30.3 Å². The molecule has 0 aliphatic rings. The second kappa shape index (κ2) is 6.15. The van der Waals surface area contributed by atoms with E-state index in [4.69, 9.17) is 5.11 Å². The maximum Gasteiger partial charge on any atom is 0.0584 e. The molecule has 96 valence electrons. The normalized spacial score (nSPS) is 16.8. The second-order valence-electron chi connectivity index (χ2n) is 5.03. The summed E-state index contributed by atoms with van der Waals surface area (Å²) in [5, 5.41) is 18.8. The van der Waals surface area contributed by atoms with Crippen LogP contribution in [-0.2, 0) is 5.41 Å². The van der Waals surface area contributed by atoms with Gasteiger partial charge in [-0.25, -0.2) is 0 Å². The van der Waals surface area contributed by atoms with Crippen molar-refractivity contribution in [1.82, 2.24) is 4.90 Å². The van der Waals surface area contributed by atoms with Gasteiger partial charge in [-0.15, -0.1) is 0 Å². The van der Waals surface area contributed by atoms with Gasteiger partial charge in [-0.05, 0) is 19.5 Å². The summed E-state index contributed by atoms with van der Waals surface area (Å²) in [4.78, 5) is 2.07. The Bertz CT molecular complexity index is 328. The first kappa shape index (κ1) is 14.2. The number of hydrogen-bond acceptors (Lipinski definition) is 3. The van der Waals surface area contributed by atoms with Crippen LogP contribution in [0.4, 0.5) is 0 Å². The van der Waals surface area contributed by atoms with Crippen molar-refractivity contribution in [3.8, 4) is 0 Å². The van der Waals surface area contributed by atoms with E-state index in [1.54, 1.807) is 0 Å². The molecule has 0 amide bonds. The van der Waals surface area contributed by atoms with Crippen LogP contribution in [0.25, 0.3) is 0 Å². The third-order valence-electron chi connectivity index (χ3n) is 3.43. The minimum atomic E-state index is -0.292. The fourth-order valence-corrected chi connectivity index (χ4v) is 1.92. The van der Waals surface area contributed by atoms with Crippen LogP contribution in [0.1, 0.15) is 19.4 Å². The summed E-state index contributed by atoms with van der Waals surface area (Å²) in [6.45, 7) is 4.97. The minimum absolute atomic E-state index is 0.0967. The molecule has 3 heteroatoms. The van der Waals surface area contributed by atoms with E-state index in [-0.39, 0.29) is 24.7 Å². The van der Waals surface area contributed by atoms with Crippen LogP contribution in [0.2, 0.25) is 0 Å². The zero-order valence-corrected chi connectivity index (χ0v) is 10.9. The molecule has 0 radical (unpaired) electrons. The van der Waals surface area contributed by atoms with Crippen molar-refractivity contribution in [3.05, 3.63) is 35.9 Å². The lowest BCUT2D eigenvalue weighted by atomic mass is 9.82. The summed E-state index contributed by atoms with van der Waals surface area (Å²) in [5.74, 6) is 0. The lowest BCUT2D eigenvalue weighted by Gasteiger charge is -2.35. The highest BCUT2D eigenvalue weighted by Crippen LogP contribution is 2.24. The molecule has 1 aromatic carbocycles. The number of likely N-dealkylation sites (N-methyl/N-ethyl adjacent to an activating group) is 1. The van der Waals surface area contributed by atoms with Gasteiger partial charge in [-0.2, -0.15) is 0 Å². The van der Waals surface area contributed by atoms with Gasteiger partial charge in [0.2, 0.25) is 0 Å². The highest BCUT2D eigenvalue weighted by molar-refractivity contribution is 5.25. The summed E-state index contributed by atoms with van der Waals surface area (Å²) in [6.07, 6.45) is 0. The highest BCUT2D eigenvalue weighted by atomic mass is 16.3. The number of aliphatic hydroxyl groups excluding tert-OH is 2. The van der Waals surface area contributed by atoms with E-state index in [1.807, 2.05) is 51.2 Å². The average Bonchev–Trinajstić information content (AvgIpc) is 2.38. The van der Waals surface area contributed by atoms with Crippen molar-refractivity contribution in [2.24, 2.45) is 0 Å². The molecule has 0 spiro atoms. The van der Waals surface area contributed by atoms with Gasteiger partial charge in [0.25, 0.3) is 0 Å². The lowest BCUT2D eigenvalue weighted by molar-refractivity contribution is 0.108. The van der Waals surface area contributed by atoms with E-state index in [0.29, 0.717) is 0 Å². The predicted molar refractivity (Wildman–Crippen MR) is 70.1 cm³/mol. The zero-order chi connectivity index (χ0) is 12.9. The summed E-state index contributed by atoms with van der Waals surface area (Å²) >= 11 is 0. The van der Waals surface area contributed by atoms with Crippen LogP contribution in [0.5, 0.6) is 0 Å². The Morgan fingerprint density at radius 2 is 1.82 bits per heavy atom. The quantitative estimate of drug-likeness (QED) is 0.782. The molecule has 2 atom stereocenters. The number of hydrogen-bond donors (Lipinski definition) is 2. The van der Waals surface area contributed by atoms with Gasteiger partial charge in [0.1, 0.15) is 0 Å². The van der Waals surface area contributed by atoms with Crippen molar-refractivity contribution < 1.29 is 10.2 Å². The molecule has 0 aliphatic heterocycles. The number of aliphatic hydroxyl groups is 2. The maximum atomic E-state index is 9.65. The Morgan fingerprint density at radius 1 is 1.24 bits per heavy atom. The maximum absolute atomic E-state index is 9.65. The molecule has 1 rings (SSSR count). The largest absolute Gasteiger partial charge is 0.395 e. The number of benzene rings is 1. The third-order valence-corrected chi connectivity index (χ3v) is 3.43. The van der Waals surface area contributed by atoms with Gasteiger partial charge >= 0.3 is 0 Å². The second-order valence-corrected chi connectivity index (χ2v) is 5.03. The SMILES string of the molecule is CC(CO)N(C)CC(C)(CO)c1ccccc1. The Morgan fingerprint density at radius 3 is 2.29 bits per heavy atom. The van der Waals surface area contributed by atoms with Gasteiger partial charge in [0.05, 0.1) is 13.2 Å². The highest BCUT2D eigenvalue weighted by Gasteiger charge is 2.28. The molecule has 0 aliphatic carbocycles. The smallest absolute Gasteiger partial charge is 0.0584 e. The van der Waals surface area contributed by atoms with Gasteiger partial charge in [0, 0.05) is 18.0 Å². The fourth-order valence-electron chi connectivity index (χ4n) is 1.92. The molecule has 0 bridgehead atoms. The first-order valence-corrected chi connectivity index (χ1v) is 6.01. The Balaban J connectivity index is 2.83. The van der Waals surface area contributed by atoms with E-state index in [1.165, 1.54) is 0 Å². The van der Waals surface area contributed by atoms with E-state index in [9.17, 15) is 5.11 Å². The summed E-state index contributed by atoms with van der Waals surface area (Å²) in [5.41, 5.74) is 0.832. The van der Waals surface area contributed by atoms with Crippen molar-refractivity contribution in [1.29, 1.82) is 0 Å². The summed E-state index contributed by atoms with van der Waals surface area (Å²) in [7, 11) is 1.97. The van der Waals surface area contributed by atoms with E-state index in [2.05, 4.69) is 4.90 Å². The molecule has 3 nitrogen and oxygen atoms in total. The number of rotatable bonds is 6. The molecule has 2 N–H and O–H groups in total. The van der Waals surface area contributed by atoms with Crippen molar-refractivity contribution in [2.45, 2.75) is 25.3 Å². The molecule has 2 unspecified atom stereocenters. The number of nitrogens with zero attached hydrogens (tertiary/aromatic N) is 1. The van der Waals surface area contributed by atoms with E-state index < -0.39 is 0 Å². The van der Waals surface area contributed by atoms with Gasteiger partial charge in [-0.3, -0.25) is 0 Å². The Hall–Kier alpha value is -0.900. The fraction of sp³-hybridized carbons (Fsp3) is 0.571. The molecule has 0 saturated heterocycles. The van der Waals surface area contributed by atoms with Gasteiger partial charge in [0.15, 0.2) is 0 Å². The summed E-state index contributed by atoms with van der Waals surface area (Å²) < 4.78 is 0. The summed E-state index contributed by atoms with van der Waals surface area (Å²) in [6, 6.07) is 10.1. The molecule has 0 fully saturated rings. The Labute approximate surface area is 104 Å². The first-order valence-electron chi connectivity index (χ1n) is 6.01. The topological polar surface area (TPSA) is 43.7 Å². The van der Waals surface area contributed by atoms with Gasteiger partial charge in [-0.1, -0.05) is 37.3 Å². The predicted octanol–water partition coefficient (Wildman–Crippen LogP) is 1.25.